The number of ether oxygens (including phenoxy) is 3. The van der Waals surface area contributed by atoms with Crippen LogP contribution in [0.5, 0.6) is 17.2 Å². The molecule has 4 aromatic rings. The van der Waals surface area contributed by atoms with Crippen molar-refractivity contribution in [2.24, 2.45) is 0 Å². The lowest BCUT2D eigenvalue weighted by molar-refractivity contribution is 0.324. The van der Waals surface area contributed by atoms with Crippen molar-refractivity contribution in [3.8, 4) is 28.5 Å². The molecule has 0 aliphatic heterocycles. The zero-order valence-corrected chi connectivity index (χ0v) is 17.3. The predicted molar refractivity (Wildman–Crippen MR) is 116 cm³/mol. The van der Waals surface area contributed by atoms with Gasteiger partial charge in [-0.15, -0.1) is 0 Å². The Kier molecular flexibility index (Phi) is 5.37. The maximum Gasteiger partial charge on any atom is 0.203 e. The van der Waals surface area contributed by atoms with Crippen molar-refractivity contribution in [1.29, 1.82) is 0 Å². The van der Waals surface area contributed by atoms with E-state index in [1.807, 2.05) is 24.3 Å². The average molecular weight is 428 g/mol. The third-order valence-electron chi connectivity index (χ3n) is 4.71. The number of fused-ring (bicyclic) bond motifs is 1. The Morgan fingerprint density at radius 1 is 0.967 bits per heavy atom. The number of methoxy groups -OCH3 is 3. The van der Waals surface area contributed by atoms with Gasteiger partial charge in [-0.2, -0.15) is 0 Å². The van der Waals surface area contributed by atoms with E-state index in [0.29, 0.717) is 28.6 Å². The summed E-state index contributed by atoms with van der Waals surface area (Å²) >= 11 is 5.90. The van der Waals surface area contributed by atoms with E-state index >= 15 is 0 Å². The van der Waals surface area contributed by atoms with Gasteiger partial charge in [-0.1, -0.05) is 11.6 Å². The molecule has 0 fully saturated rings. The van der Waals surface area contributed by atoms with Crippen molar-refractivity contribution in [3.63, 3.8) is 0 Å². The first kappa shape index (κ1) is 19.8. The first-order valence-electron chi connectivity index (χ1n) is 9.04. The number of benzene rings is 2. The average Bonchev–Trinajstić information content (AvgIpc) is 3.20. The van der Waals surface area contributed by atoms with Gasteiger partial charge in [0.2, 0.25) is 5.75 Å². The van der Waals surface area contributed by atoms with Gasteiger partial charge in [0, 0.05) is 28.5 Å². The number of halogens is 2. The first-order valence-corrected chi connectivity index (χ1v) is 9.42. The second kappa shape index (κ2) is 8.12. The summed E-state index contributed by atoms with van der Waals surface area (Å²) in [6.45, 7) is 0. The quantitative estimate of drug-likeness (QED) is 0.407. The van der Waals surface area contributed by atoms with Gasteiger partial charge in [-0.25, -0.2) is 9.37 Å². The molecule has 0 unspecified atom stereocenters. The van der Waals surface area contributed by atoms with Crippen molar-refractivity contribution >= 4 is 34.0 Å². The summed E-state index contributed by atoms with van der Waals surface area (Å²) in [7, 11) is 4.71. The van der Waals surface area contributed by atoms with Crippen LogP contribution < -0.4 is 19.5 Å². The molecule has 0 bridgehead atoms. The number of aromatic amines is 1. The number of anilines is 2. The molecule has 0 aliphatic rings. The highest BCUT2D eigenvalue weighted by Crippen LogP contribution is 2.41. The summed E-state index contributed by atoms with van der Waals surface area (Å²) in [5.74, 6) is 1.16. The third-order valence-corrected chi connectivity index (χ3v) is 5.00. The highest BCUT2D eigenvalue weighted by molar-refractivity contribution is 6.31. The van der Waals surface area contributed by atoms with Crippen molar-refractivity contribution < 1.29 is 18.6 Å². The number of hydrogen-bond acceptors (Lipinski definition) is 5. The highest BCUT2D eigenvalue weighted by Gasteiger charge is 2.16. The van der Waals surface area contributed by atoms with Gasteiger partial charge in [-0.05, 0) is 42.5 Å². The topological polar surface area (TPSA) is 68.4 Å². The minimum absolute atomic E-state index is 0.0532. The zero-order valence-electron chi connectivity index (χ0n) is 16.5. The van der Waals surface area contributed by atoms with E-state index in [4.69, 9.17) is 25.8 Å². The highest BCUT2D eigenvalue weighted by atomic mass is 35.5. The molecule has 0 saturated carbocycles. The van der Waals surface area contributed by atoms with E-state index in [-0.39, 0.29) is 5.02 Å². The number of H-pyrrole nitrogens is 1. The molecule has 2 heterocycles. The molecule has 0 aliphatic carbocycles. The summed E-state index contributed by atoms with van der Waals surface area (Å²) in [5.41, 5.74) is 3.83. The number of pyridine rings is 1. The summed E-state index contributed by atoms with van der Waals surface area (Å²) in [6.07, 6.45) is 1.69. The second-order valence-electron chi connectivity index (χ2n) is 6.47. The summed E-state index contributed by atoms with van der Waals surface area (Å²) < 4.78 is 29.7. The lowest BCUT2D eigenvalue weighted by Gasteiger charge is -2.13. The normalized spacial score (nSPS) is 10.8. The SMILES string of the molecule is COc1cc(-c2cc3c(Nc4ccc(F)c(Cl)c4)ccnc3[nH]2)cc(OC)c1OC. The van der Waals surface area contributed by atoms with Gasteiger partial charge >= 0.3 is 0 Å². The minimum Gasteiger partial charge on any atom is -0.493 e. The van der Waals surface area contributed by atoms with E-state index in [0.717, 1.165) is 22.3 Å². The van der Waals surface area contributed by atoms with Gasteiger partial charge in [0.1, 0.15) is 11.5 Å². The zero-order chi connectivity index (χ0) is 21.3. The molecule has 0 atom stereocenters. The second-order valence-corrected chi connectivity index (χ2v) is 6.88. The summed E-state index contributed by atoms with van der Waals surface area (Å²) in [6, 6.07) is 12.0. The van der Waals surface area contributed by atoms with Crippen LogP contribution >= 0.6 is 11.6 Å². The molecule has 2 aromatic carbocycles. The molecule has 6 nitrogen and oxygen atoms in total. The van der Waals surface area contributed by atoms with Crippen LogP contribution in [0.15, 0.2) is 48.7 Å². The smallest absolute Gasteiger partial charge is 0.203 e. The third kappa shape index (κ3) is 3.59. The monoisotopic (exact) mass is 427 g/mol. The van der Waals surface area contributed by atoms with E-state index in [2.05, 4.69) is 15.3 Å². The van der Waals surface area contributed by atoms with Gasteiger partial charge in [0.05, 0.1) is 32.0 Å². The van der Waals surface area contributed by atoms with Gasteiger partial charge < -0.3 is 24.5 Å². The molecule has 30 heavy (non-hydrogen) atoms. The van der Waals surface area contributed by atoms with Crippen molar-refractivity contribution in [3.05, 3.63) is 59.5 Å². The number of nitrogens with zero attached hydrogens (tertiary/aromatic N) is 1. The van der Waals surface area contributed by atoms with Crippen LogP contribution in [0.1, 0.15) is 0 Å². The standard InChI is InChI=1S/C22H19ClFN3O3/c1-28-19-8-12(9-20(29-2)21(19)30-3)18-11-14-17(6-7-25-22(14)27-18)26-13-4-5-16(24)15(23)10-13/h4-11H,1-3H3,(H2,25,26,27). The fourth-order valence-corrected chi connectivity index (χ4v) is 3.44. The fourth-order valence-electron chi connectivity index (χ4n) is 3.26. The lowest BCUT2D eigenvalue weighted by Crippen LogP contribution is -1.95. The Labute approximate surface area is 177 Å². The van der Waals surface area contributed by atoms with Crippen LogP contribution in [0.2, 0.25) is 5.02 Å². The molecule has 0 radical (unpaired) electrons. The summed E-state index contributed by atoms with van der Waals surface area (Å²) in [4.78, 5) is 7.72. The Bertz CT molecular complexity index is 1200. The minimum atomic E-state index is -0.464. The van der Waals surface area contributed by atoms with E-state index < -0.39 is 5.82 Å². The predicted octanol–water partition coefficient (Wildman–Crippen LogP) is 5.79. The van der Waals surface area contributed by atoms with Crippen LogP contribution in [-0.4, -0.2) is 31.3 Å². The Hall–Kier alpha value is -3.45. The molecule has 4 rings (SSSR count). The number of nitrogens with one attached hydrogen (secondary N) is 2. The Balaban J connectivity index is 1.77. The van der Waals surface area contributed by atoms with Crippen LogP contribution in [0, 0.1) is 5.82 Å². The molecule has 2 aromatic heterocycles. The van der Waals surface area contributed by atoms with Crippen LogP contribution in [0.25, 0.3) is 22.3 Å². The summed E-state index contributed by atoms with van der Waals surface area (Å²) in [5, 5.41) is 4.18. The number of hydrogen-bond donors (Lipinski definition) is 2. The van der Waals surface area contributed by atoms with Gasteiger partial charge in [-0.3, -0.25) is 0 Å². The lowest BCUT2D eigenvalue weighted by atomic mass is 10.1. The number of rotatable bonds is 6. The molecule has 2 N–H and O–H groups in total. The fraction of sp³-hybridized carbons (Fsp3) is 0.136. The van der Waals surface area contributed by atoms with Crippen LogP contribution in [0.4, 0.5) is 15.8 Å². The van der Waals surface area contributed by atoms with Crippen molar-refractivity contribution in [2.75, 3.05) is 26.6 Å². The van der Waals surface area contributed by atoms with E-state index in [1.165, 1.54) is 12.1 Å². The van der Waals surface area contributed by atoms with Gasteiger partial charge in [0.15, 0.2) is 11.5 Å². The Morgan fingerprint density at radius 2 is 1.70 bits per heavy atom. The van der Waals surface area contributed by atoms with Crippen LogP contribution in [-0.2, 0) is 0 Å². The molecule has 0 spiro atoms. The maximum atomic E-state index is 13.5. The molecule has 154 valence electrons. The Morgan fingerprint density at radius 3 is 2.33 bits per heavy atom. The van der Waals surface area contributed by atoms with Crippen molar-refractivity contribution in [2.45, 2.75) is 0 Å². The molecule has 0 saturated heterocycles. The molecular formula is C22H19ClFN3O3. The molecule has 8 heteroatoms. The van der Waals surface area contributed by atoms with E-state index in [1.54, 1.807) is 33.6 Å². The number of aromatic nitrogens is 2. The van der Waals surface area contributed by atoms with Crippen molar-refractivity contribution in [1.82, 2.24) is 9.97 Å². The van der Waals surface area contributed by atoms with Crippen LogP contribution in [0.3, 0.4) is 0 Å². The van der Waals surface area contributed by atoms with E-state index in [9.17, 15) is 4.39 Å². The first-order chi connectivity index (χ1) is 14.5. The maximum absolute atomic E-state index is 13.5. The van der Waals surface area contributed by atoms with Gasteiger partial charge in [0.25, 0.3) is 0 Å². The molecule has 0 amide bonds. The molecular weight excluding hydrogens is 409 g/mol. The largest absolute Gasteiger partial charge is 0.493 e.